The van der Waals surface area contributed by atoms with Gasteiger partial charge in [-0.15, -0.1) is 0 Å². The second-order valence-corrected chi connectivity index (χ2v) is 13.5. The van der Waals surface area contributed by atoms with E-state index < -0.39 is 5.51 Å². The molecular formula is C27H20NPSe. The summed E-state index contributed by atoms with van der Waals surface area (Å²) in [7, 11) is 0. The Morgan fingerprint density at radius 1 is 0.533 bits per heavy atom. The van der Waals surface area contributed by atoms with Gasteiger partial charge in [-0.1, -0.05) is 0 Å². The van der Waals surface area contributed by atoms with E-state index in [-0.39, 0.29) is 0 Å². The summed E-state index contributed by atoms with van der Waals surface area (Å²) < 4.78 is 0. The molecule has 0 amide bonds. The van der Waals surface area contributed by atoms with Crippen molar-refractivity contribution < 1.29 is 0 Å². The van der Waals surface area contributed by atoms with Gasteiger partial charge in [-0.3, -0.25) is 0 Å². The van der Waals surface area contributed by atoms with Gasteiger partial charge in [0.1, 0.15) is 0 Å². The molecule has 5 rings (SSSR count). The van der Waals surface area contributed by atoms with Crippen LogP contribution in [0.25, 0.3) is 22.0 Å². The van der Waals surface area contributed by atoms with E-state index >= 15 is 0 Å². The molecule has 4 aromatic carbocycles. The van der Waals surface area contributed by atoms with Crippen LogP contribution in [0, 0.1) is 0 Å². The summed E-state index contributed by atoms with van der Waals surface area (Å²) in [5.74, 6) is 0. The van der Waals surface area contributed by atoms with Crippen LogP contribution in [-0.2, 0) is 0 Å². The first-order chi connectivity index (χ1) is 14.7. The van der Waals surface area contributed by atoms with Crippen molar-refractivity contribution >= 4 is 47.3 Å². The van der Waals surface area contributed by atoms with E-state index in [1.54, 1.807) is 0 Å². The predicted molar refractivity (Wildman–Crippen MR) is 132 cm³/mol. The molecule has 3 heteroatoms. The number of hydrogen-bond donors (Lipinski definition) is 0. The number of fused-ring (bicyclic) bond motifs is 1. The molecular weight excluding hydrogens is 448 g/mol. The third-order valence-electron chi connectivity index (χ3n) is 5.41. The van der Waals surface area contributed by atoms with E-state index in [1.807, 2.05) is 18.3 Å². The molecule has 0 fully saturated rings. The van der Waals surface area contributed by atoms with Gasteiger partial charge < -0.3 is 0 Å². The van der Waals surface area contributed by atoms with Gasteiger partial charge in [0.15, 0.2) is 0 Å². The predicted octanol–water partition coefficient (Wildman–Crippen LogP) is 5.28. The number of pyridine rings is 1. The van der Waals surface area contributed by atoms with Crippen LogP contribution in [-0.4, -0.2) is 20.1 Å². The molecule has 0 bridgehead atoms. The van der Waals surface area contributed by atoms with E-state index in [2.05, 4.69) is 123 Å². The van der Waals surface area contributed by atoms with Crippen molar-refractivity contribution in [2.24, 2.45) is 0 Å². The van der Waals surface area contributed by atoms with Gasteiger partial charge in [0.25, 0.3) is 0 Å². The molecule has 0 saturated heterocycles. The van der Waals surface area contributed by atoms with Crippen molar-refractivity contribution in [2.75, 3.05) is 0 Å². The monoisotopic (exact) mass is 469 g/mol. The minimum atomic E-state index is -1.89. The summed E-state index contributed by atoms with van der Waals surface area (Å²) in [6.07, 6.45) is 1.84. The Bertz CT molecular complexity index is 1350. The number of nitrogens with zero attached hydrogens (tertiary/aromatic N) is 1. The number of hydrogen-bond acceptors (Lipinski definition) is 1. The van der Waals surface area contributed by atoms with Crippen LogP contribution in [0.5, 0.6) is 0 Å². The topological polar surface area (TPSA) is 12.9 Å². The Kier molecular flexibility index (Phi) is 5.23. The first-order valence-electron chi connectivity index (χ1n) is 9.92. The van der Waals surface area contributed by atoms with Gasteiger partial charge in [-0.05, 0) is 0 Å². The Morgan fingerprint density at radius 3 is 1.90 bits per heavy atom. The summed E-state index contributed by atoms with van der Waals surface area (Å²) in [4.78, 5) is 4.49. The van der Waals surface area contributed by atoms with Crippen LogP contribution >= 0.6 is 5.51 Å². The van der Waals surface area contributed by atoms with Crippen molar-refractivity contribution in [3.63, 3.8) is 0 Å². The summed E-state index contributed by atoms with van der Waals surface area (Å²) in [6.45, 7) is 0. The molecule has 1 aromatic heterocycles. The van der Waals surface area contributed by atoms with Crippen molar-refractivity contribution in [3.05, 3.63) is 121 Å². The second-order valence-electron chi connectivity index (χ2n) is 7.24. The number of benzene rings is 4. The van der Waals surface area contributed by atoms with Gasteiger partial charge in [0, 0.05) is 0 Å². The Labute approximate surface area is 184 Å². The van der Waals surface area contributed by atoms with Crippen LogP contribution in [0.15, 0.2) is 121 Å². The summed E-state index contributed by atoms with van der Waals surface area (Å²) in [5.41, 5.74) is 0.248. The van der Waals surface area contributed by atoms with E-state index in [1.165, 1.54) is 26.7 Å². The first kappa shape index (κ1) is 19.2. The molecule has 0 saturated carbocycles. The third-order valence-corrected chi connectivity index (χ3v) is 12.4. The fraction of sp³-hybridized carbons (Fsp3) is 0. The molecule has 0 spiro atoms. The van der Waals surface area contributed by atoms with E-state index in [0.717, 1.165) is 11.3 Å². The van der Waals surface area contributed by atoms with Crippen molar-refractivity contribution in [1.29, 1.82) is 0 Å². The molecule has 0 radical (unpaired) electrons. The zero-order valence-electron chi connectivity index (χ0n) is 16.3. The number of aromatic nitrogens is 1. The number of rotatable bonds is 4. The average molecular weight is 468 g/mol. The van der Waals surface area contributed by atoms with Crippen molar-refractivity contribution in [2.45, 2.75) is 0 Å². The van der Waals surface area contributed by atoms with E-state index in [9.17, 15) is 0 Å². The maximum absolute atomic E-state index is 4.49. The SMILES string of the molecule is [Se]=P(c1ccccc1)(c1ccc(-c2ccccn2)cc1)c1ccc2ccccc2c1. The van der Waals surface area contributed by atoms with Gasteiger partial charge in [0.05, 0.1) is 0 Å². The molecule has 1 nitrogen and oxygen atoms in total. The fourth-order valence-corrected chi connectivity index (χ4v) is 8.74. The average Bonchev–Trinajstić information content (AvgIpc) is 2.84. The van der Waals surface area contributed by atoms with Crippen LogP contribution in [0.3, 0.4) is 0 Å². The zero-order valence-corrected chi connectivity index (χ0v) is 19.0. The quantitative estimate of drug-likeness (QED) is 0.258. The Hall–Kier alpha value is -2.76. The fourth-order valence-electron chi connectivity index (χ4n) is 3.83. The van der Waals surface area contributed by atoms with Crippen LogP contribution in [0.2, 0.25) is 0 Å². The van der Waals surface area contributed by atoms with Gasteiger partial charge >= 0.3 is 185 Å². The van der Waals surface area contributed by atoms with Crippen LogP contribution in [0.1, 0.15) is 0 Å². The molecule has 1 unspecified atom stereocenters. The van der Waals surface area contributed by atoms with Gasteiger partial charge in [-0.2, -0.15) is 0 Å². The third kappa shape index (κ3) is 3.48. The minimum absolute atomic E-state index is 0.999. The Morgan fingerprint density at radius 2 is 1.17 bits per heavy atom. The molecule has 0 N–H and O–H groups in total. The molecule has 0 aliphatic carbocycles. The van der Waals surface area contributed by atoms with E-state index in [4.69, 9.17) is 0 Å². The molecule has 30 heavy (non-hydrogen) atoms. The van der Waals surface area contributed by atoms with Gasteiger partial charge in [0.2, 0.25) is 0 Å². The van der Waals surface area contributed by atoms with Gasteiger partial charge in [-0.25, -0.2) is 0 Å². The van der Waals surface area contributed by atoms with Crippen molar-refractivity contribution in [3.8, 4) is 11.3 Å². The molecule has 1 atom stereocenters. The summed E-state index contributed by atoms with van der Waals surface area (Å²) >= 11 is 3.66. The molecule has 5 aromatic rings. The Balaban J connectivity index is 1.68. The summed E-state index contributed by atoms with van der Waals surface area (Å²) in [5, 5.41) is 6.55. The van der Waals surface area contributed by atoms with E-state index in [0.29, 0.717) is 0 Å². The first-order valence-corrected chi connectivity index (χ1v) is 13.9. The molecule has 144 valence electrons. The molecule has 0 aliphatic heterocycles. The summed E-state index contributed by atoms with van der Waals surface area (Å²) in [6, 6.07) is 41.2. The normalized spacial score (nSPS) is 13.1. The maximum atomic E-state index is 4.49. The standard InChI is InChI=1S/C27H20NPSe/c30-29(24-10-2-1-3-11-24,26-18-13-21-8-4-5-9-23(21)20-26)25-16-14-22(15-17-25)27-12-6-7-19-28-27/h1-20H. The molecule has 0 aliphatic rings. The van der Waals surface area contributed by atoms with Crippen molar-refractivity contribution in [1.82, 2.24) is 4.98 Å². The molecule has 1 heterocycles. The van der Waals surface area contributed by atoms with Crippen LogP contribution in [0.4, 0.5) is 0 Å². The zero-order chi connectivity index (χ0) is 20.4. The van der Waals surface area contributed by atoms with Crippen LogP contribution < -0.4 is 15.9 Å². The second kappa shape index (κ2) is 8.17.